The molecule has 1 aliphatic heterocycles. The molecule has 168 valence electrons. The Labute approximate surface area is 192 Å². The highest BCUT2D eigenvalue weighted by molar-refractivity contribution is 5.98. The standard InChI is InChI=1S/C26H25N3O4/c30-24(18-33-23-16-8-7-14-21(23)19-10-3-1-4-11-19)27-28-25(31)22-15-9-17-29(22)26(32)20-12-5-2-6-13-20/h1-8,10-14,16,22H,9,15,17-18H2,(H,27,30)(H,28,31)/t22-/m1/s1. The summed E-state index contributed by atoms with van der Waals surface area (Å²) in [4.78, 5) is 39.2. The van der Waals surface area contributed by atoms with E-state index in [1.54, 1.807) is 35.2 Å². The van der Waals surface area contributed by atoms with Gasteiger partial charge in [-0.1, -0.05) is 66.7 Å². The van der Waals surface area contributed by atoms with Gasteiger partial charge in [0.2, 0.25) is 0 Å². The van der Waals surface area contributed by atoms with Crippen LogP contribution in [0.3, 0.4) is 0 Å². The van der Waals surface area contributed by atoms with Gasteiger partial charge in [-0.05, 0) is 36.6 Å². The smallest absolute Gasteiger partial charge is 0.276 e. The van der Waals surface area contributed by atoms with Crippen LogP contribution < -0.4 is 15.6 Å². The zero-order valence-electron chi connectivity index (χ0n) is 18.1. The average molecular weight is 444 g/mol. The first-order chi connectivity index (χ1) is 16.1. The number of benzene rings is 3. The zero-order valence-corrected chi connectivity index (χ0v) is 18.1. The Bertz CT molecular complexity index is 1120. The predicted octanol–water partition coefficient (Wildman–Crippen LogP) is 3.18. The molecule has 3 aromatic carbocycles. The summed E-state index contributed by atoms with van der Waals surface area (Å²) in [5, 5.41) is 0. The van der Waals surface area contributed by atoms with Gasteiger partial charge in [-0.25, -0.2) is 0 Å². The van der Waals surface area contributed by atoms with E-state index in [9.17, 15) is 14.4 Å². The Morgan fingerprint density at radius 1 is 0.848 bits per heavy atom. The van der Waals surface area contributed by atoms with E-state index >= 15 is 0 Å². The second kappa shape index (κ2) is 10.5. The van der Waals surface area contributed by atoms with Crippen molar-refractivity contribution in [2.45, 2.75) is 18.9 Å². The molecule has 33 heavy (non-hydrogen) atoms. The lowest BCUT2D eigenvalue weighted by Crippen LogP contribution is -2.52. The molecule has 0 radical (unpaired) electrons. The molecule has 1 heterocycles. The molecule has 0 spiro atoms. The first-order valence-electron chi connectivity index (χ1n) is 10.9. The molecule has 1 saturated heterocycles. The van der Waals surface area contributed by atoms with Crippen LogP contribution in [0, 0.1) is 0 Å². The van der Waals surface area contributed by atoms with E-state index in [-0.39, 0.29) is 12.5 Å². The molecule has 2 N–H and O–H groups in total. The maximum Gasteiger partial charge on any atom is 0.276 e. The van der Waals surface area contributed by atoms with Crippen LogP contribution >= 0.6 is 0 Å². The molecule has 1 fully saturated rings. The van der Waals surface area contributed by atoms with Gasteiger partial charge in [0.15, 0.2) is 6.61 Å². The molecular weight excluding hydrogens is 418 g/mol. The number of nitrogens with zero attached hydrogens (tertiary/aromatic N) is 1. The van der Waals surface area contributed by atoms with Gasteiger partial charge in [0.25, 0.3) is 17.7 Å². The normalized spacial score (nSPS) is 15.0. The summed E-state index contributed by atoms with van der Waals surface area (Å²) in [6, 6.07) is 25.4. The zero-order chi connectivity index (χ0) is 23.0. The Kier molecular flexibility index (Phi) is 6.99. The van der Waals surface area contributed by atoms with E-state index in [0.717, 1.165) is 17.5 Å². The minimum Gasteiger partial charge on any atom is -0.483 e. The van der Waals surface area contributed by atoms with Crippen molar-refractivity contribution >= 4 is 17.7 Å². The van der Waals surface area contributed by atoms with Crippen LogP contribution in [0.2, 0.25) is 0 Å². The topological polar surface area (TPSA) is 87.7 Å². The van der Waals surface area contributed by atoms with Crippen LogP contribution in [0.15, 0.2) is 84.9 Å². The number of ether oxygens (including phenoxy) is 1. The molecule has 0 aliphatic carbocycles. The summed E-state index contributed by atoms with van der Waals surface area (Å²) in [6.45, 7) is 0.237. The highest BCUT2D eigenvalue weighted by atomic mass is 16.5. The molecule has 7 nitrogen and oxygen atoms in total. The highest BCUT2D eigenvalue weighted by Gasteiger charge is 2.34. The van der Waals surface area contributed by atoms with Crippen LogP contribution in [-0.2, 0) is 9.59 Å². The first kappa shape index (κ1) is 22.1. The lowest BCUT2D eigenvalue weighted by Gasteiger charge is -2.24. The van der Waals surface area contributed by atoms with Crippen molar-refractivity contribution in [3.63, 3.8) is 0 Å². The number of hydrazine groups is 1. The molecule has 4 rings (SSSR count). The van der Waals surface area contributed by atoms with Gasteiger partial charge in [-0.2, -0.15) is 0 Å². The number of carbonyl (C=O) groups is 3. The summed E-state index contributed by atoms with van der Waals surface area (Å²) in [5.41, 5.74) is 7.20. The predicted molar refractivity (Wildman–Crippen MR) is 124 cm³/mol. The Balaban J connectivity index is 1.31. The van der Waals surface area contributed by atoms with Crippen molar-refractivity contribution in [3.8, 4) is 16.9 Å². The highest BCUT2D eigenvalue weighted by Crippen LogP contribution is 2.29. The van der Waals surface area contributed by atoms with E-state index in [1.165, 1.54) is 0 Å². The van der Waals surface area contributed by atoms with Crippen molar-refractivity contribution in [2.75, 3.05) is 13.2 Å². The third-order valence-electron chi connectivity index (χ3n) is 5.49. The van der Waals surface area contributed by atoms with Crippen molar-refractivity contribution in [1.29, 1.82) is 0 Å². The molecule has 1 atom stereocenters. The maximum absolute atomic E-state index is 12.7. The van der Waals surface area contributed by atoms with E-state index in [4.69, 9.17) is 4.74 Å². The molecular formula is C26H25N3O4. The minimum absolute atomic E-state index is 0.194. The molecule has 7 heteroatoms. The summed E-state index contributed by atoms with van der Waals surface area (Å²) in [6.07, 6.45) is 1.27. The fourth-order valence-electron chi connectivity index (χ4n) is 3.87. The molecule has 1 aliphatic rings. The quantitative estimate of drug-likeness (QED) is 0.573. The first-order valence-corrected chi connectivity index (χ1v) is 10.9. The van der Waals surface area contributed by atoms with E-state index < -0.39 is 17.9 Å². The third-order valence-corrected chi connectivity index (χ3v) is 5.49. The second-order valence-electron chi connectivity index (χ2n) is 7.71. The molecule has 0 aromatic heterocycles. The maximum atomic E-state index is 12.7. The van der Waals surface area contributed by atoms with E-state index in [0.29, 0.717) is 24.3 Å². The monoisotopic (exact) mass is 443 g/mol. The fourth-order valence-corrected chi connectivity index (χ4v) is 3.87. The summed E-state index contributed by atoms with van der Waals surface area (Å²) >= 11 is 0. The van der Waals surface area contributed by atoms with Crippen LogP contribution in [-0.4, -0.2) is 41.8 Å². The fraction of sp³-hybridized carbons (Fsp3) is 0.192. The van der Waals surface area contributed by atoms with Crippen molar-refractivity contribution < 1.29 is 19.1 Å². The molecule has 3 amide bonds. The Hall–Kier alpha value is -4.13. The van der Waals surface area contributed by atoms with Gasteiger partial charge in [-0.15, -0.1) is 0 Å². The van der Waals surface area contributed by atoms with Crippen LogP contribution in [0.25, 0.3) is 11.1 Å². The van der Waals surface area contributed by atoms with Gasteiger partial charge < -0.3 is 9.64 Å². The second-order valence-corrected chi connectivity index (χ2v) is 7.71. The Morgan fingerprint density at radius 3 is 2.27 bits per heavy atom. The van der Waals surface area contributed by atoms with Gasteiger partial charge in [0.1, 0.15) is 11.8 Å². The van der Waals surface area contributed by atoms with Crippen molar-refractivity contribution in [1.82, 2.24) is 15.8 Å². The third kappa shape index (κ3) is 5.38. The van der Waals surface area contributed by atoms with E-state index in [1.807, 2.05) is 54.6 Å². The average Bonchev–Trinajstić information content (AvgIpc) is 3.37. The van der Waals surface area contributed by atoms with Crippen molar-refractivity contribution in [3.05, 3.63) is 90.5 Å². The number of nitrogens with one attached hydrogen (secondary N) is 2. The number of rotatable bonds is 6. The summed E-state index contributed by atoms with van der Waals surface area (Å²) < 4.78 is 5.70. The molecule has 0 unspecified atom stereocenters. The number of para-hydroxylation sites is 1. The Morgan fingerprint density at radius 2 is 1.52 bits per heavy atom. The lowest BCUT2D eigenvalue weighted by molar-refractivity contribution is -0.131. The van der Waals surface area contributed by atoms with Crippen molar-refractivity contribution in [2.24, 2.45) is 0 Å². The number of amides is 3. The van der Waals surface area contributed by atoms with Crippen LogP contribution in [0.4, 0.5) is 0 Å². The van der Waals surface area contributed by atoms with Gasteiger partial charge in [0.05, 0.1) is 0 Å². The van der Waals surface area contributed by atoms with Crippen LogP contribution in [0.1, 0.15) is 23.2 Å². The number of hydrogen-bond acceptors (Lipinski definition) is 4. The number of carbonyl (C=O) groups excluding carboxylic acids is 3. The van der Waals surface area contributed by atoms with Gasteiger partial charge >= 0.3 is 0 Å². The molecule has 0 bridgehead atoms. The van der Waals surface area contributed by atoms with E-state index in [2.05, 4.69) is 10.9 Å². The number of hydrogen-bond donors (Lipinski definition) is 2. The SMILES string of the molecule is O=C(COc1ccccc1-c1ccccc1)NNC(=O)[C@H]1CCCN1C(=O)c1ccccc1. The summed E-state index contributed by atoms with van der Waals surface area (Å²) in [5.74, 6) is -0.541. The van der Waals surface area contributed by atoms with Gasteiger partial charge in [0, 0.05) is 17.7 Å². The largest absolute Gasteiger partial charge is 0.483 e. The van der Waals surface area contributed by atoms with Crippen LogP contribution in [0.5, 0.6) is 5.75 Å². The molecule has 3 aromatic rings. The number of likely N-dealkylation sites (tertiary alicyclic amines) is 1. The van der Waals surface area contributed by atoms with Gasteiger partial charge in [-0.3, -0.25) is 25.2 Å². The molecule has 0 saturated carbocycles. The lowest BCUT2D eigenvalue weighted by atomic mass is 10.1. The summed E-state index contributed by atoms with van der Waals surface area (Å²) in [7, 11) is 0. The minimum atomic E-state index is -0.627.